The Bertz CT molecular complexity index is 358. The zero-order valence-corrected chi connectivity index (χ0v) is 12.5. The Labute approximate surface area is 114 Å². The molecule has 0 saturated heterocycles. The first-order valence-corrected chi connectivity index (χ1v) is 7.57. The highest BCUT2D eigenvalue weighted by Gasteiger charge is 2.08. The normalized spacial score (nSPS) is 12.2. The van der Waals surface area contributed by atoms with E-state index in [4.69, 9.17) is 9.47 Å². The van der Waals surface area contributed by atoms with E-state index in [0.717, 1.165) is 35.8 Å². The number of hydrogen-bond donors (Lipinski definition) is 1. The molecule has 0 spiro atoms. The Balaban J connectivity index is 2.65. The molecule has 0 bridgehead atoms. The summed E-state index contributed by atoms with van der Waals surface area (Å²) in [6, 6.07) is 6.49. The van der Waals surface area contributed by atoms with Crippen LogP contribution in [0.1, 0.15) is 18.9 Å². The van der Waals surface area contributed by atoms with Gasteiger partial charge >= 0.3 is 0 Å². The van der Waals surface area contributed by atoms with Crippen molar-refractivity contribution in [3.8, 4) is 11.5 Å². The maximum absolute atomic E-state index is 5.39. The number of benzene rings is 1. The number of hydrogen-bond acceptors (Lipinski definition) is 4. The lowest BCUT2D eigenvalue weighted by molar-refractivity contribution is 0.388. The maximum Gasteiger partial charge on any atom is 0.127 e. The SMILES string of the molecule is CCC(CSC)NCc1ccc(OC)cc1OC. The molecule has 1 atom stereocenters. The number of methoxy groups -OCH3 is 2. The predicted octanol–water partition coefficient (Wildman–Crippen LogP) is 2.94. The molecule has 1 aromatic carbocycles. The quantitative estimate of drug-likeness (QED) is 0.786. The lowest BCUT2D eigenvalue weighted by Gasteiger charge is -2.17. The highest BCUT2D eigenvalue weighted by atomic mass is 32.2. The molecular weight excluding hydrogens is 246 g/mol. The molecule has 0 saturated carbocycles. The third-order valence-corrected chi connectivity index (χ3v) is 3.67. The molecule has 1 N–H and O–H groups in total. The Kier molecular flexibility index (Phi) is 6.98. The summed E-state index contributed by atoms with van der Waals surface area (Å²) in [5.74, 6) is 2.84. The summed E-state index contributed by atoms with van der Waals surface area (Å²) in [6.07, 6.45) is 3.28. The van der Waals surface area contributed by atoms with E-state index in [2.05, 4.69) is 24.6 Å². The summed E-state index contributed by atoms with van der Waals surface area (Å²) in [5.41, 5.74) is 1.16. The van der Waals surface area contributed by atoms with Gasteiger partial charge < -0.3 is 14.8 Å². The van der Waals surface area contributed by atoms with Crippen molar-refractivity contribution in [2.45, 2.75) is 25.9 Å². The first-order chi connectivity index (χ1) is 8.74. The van der Waals surface area contributed by atoms with Gasteiger partial charge in [0, 0.05) is 30.0 Å². The molecule has 4 heteroatoms. The fourth-order valence-corrected chi connectivity index (χ4v) is 2.53. The van der Waals surface area contributed by atoms with Crippen LogP contribution >= 0.6 is 11.8 Å². The smallest absolute Gasteiger partial charge is 0.127 e. The Hall–Kier alpha value is -0.870. The Morgan fingerprint density at radius 3 is 2.61 bits per heavy atom. The van der Waals surface area contributed by atoms with Gasteiger partial charge in [-0.05, 0) is 18.7 Å². The fraction of sp³-hybridized carbons (Fsp3) is 0.571. The van der Waals surface area contributed by atoms with E-state index in [-0.39, 0.29) is 0 Å². The average Bonchev–Trinajstić information content (AvgIpc) is 2.43. The van der Waals surface area contributed by atoms with Crippen molar-refractivity contribution in [2.75, 3.05) is 26.2 Å². The monoisotopic (exact) mass is 269 g/mol. The summed E-state index contributed by atoms with van der Waals surface area (Å²) >= 11 is 1.87. The number of nitrogens with one attached hydrogen (secondary N) is 1. The molecule has 0 aromatic heterocycles. The fourth-order valence-electron chi connectivity index (χ4n) is 1.77. The third kappa shape index (κ3) is 4.42. The summed E-state index contributed by atoms with van der Waals surface area (Å²) in [6.45, 7) is 3.03. The minimum Gasteiger partial charge on any atom is -0.497 e. The summed E-state index contributed by atoms with van der Waals surface area (Å²) in [7, 11) is 3.36. The lowest BCUT2D eigenvalue weighted by Crippen LogP contribution is -2.30. The van der Waals surface area contributed by atoms with Crippen LogP contribution in [0.4, 0.5) is 0 Å². The molecule has 1 rings (SSSR count). The van der Waals surface area contributed by atoms with E-state index < -0.39 is 0 Å². The van der Waals surface area contributed by atoms with Crippen LogP contribution in [0.2, 0.25) is 0 Å². The molecule has 3 nitrogen and oxygen atoms in total. The van der Waals surface area contributed by atoms with Crippen LogP contribution in [0.25, 0.3) is 0 Å². The maximum atomic E-state index is 5.39. The van der Waals surface area contributed by atoms with Crippen LogP contribution < -0.4 is 14.8 Å². The van der Waals surface area contributed by atoms with Crippen LogP contribution in [-0.4, -0.2) is 32.3 Å². The number of ether oxygens (including phenoxy) is 2. The first-order valence-electron chi connectivity index (χ1n) is 6.18. The topological polar surface area (TPSA) is 30.5 Å². The molecule has 0 radical (unpaired) electrons. The standard InChI is InChI=1S/C14H23NO2S/c1-5-12(10-18-4)15-9-11-6-7-13(16-2)8-14(11)17-3/h6-8,12,15H,5,9-10H2,1-4H3. The molecule has 0 aliphatic heterocycles. The van der Waals surface area contributed by atoms with Gasteiger partial charge in [-0.1, -0.05) is 13.0 Å². The van der Waals surface area contributed by atoms with Crippen LogP contribution in [0.15, 0.2) is 18.2 Å². The van der Waals surface area contributed by atoms with Crippen LogP contribution in [0.5, 0.6) is 11.5 Å². The molecule has 102 valence electrons. The van der Waals surface area contributed by atoms with Gasteiger partial charge in [0.1, 0.15) is 11.5 Å². The Morgan fingerprint density at radius 1 is 1.28 bits per heavy atom. The van der Waals surface area contributed by atoms with Crippen molar-refractivity contribution >= 4 is 11.8 Å². The van der Waals surface area contributed by atoms with E-state index >= 15 is 0 Å². The van der Waals surface area contributed by atoms with E-state index in [1.165, 1.54) is 0 Å². The largest absolute Gasteiger partial charge is 0.497 e. The molecule has 1 aromatic rings. The van der Waals surface area contributed by atoms with Crippen molar-refractivity contribution in [1.82, 2.24) is 5.32 Å². The van der Waals surface area contributed by atoms with Gasteiger partial charge in [-0.15, -0.1) is 0 Å². The molecule has 0 heterocycles. The zero-order valence-electron chi connectivity index (χ0n) is 11.7. The van der Waals surface area contributed by atoms with E-state index in [9.17, 15) is 0 Å². The van der Waals surface area contributed by atoms with E-state index in [0.29, 0.717) is 6.04 Å². The zero-order chi connectivity index (χ0) is 13.4. The highest BCUT2D eigenvalue weighted by Crippen LogP contribution is 2.24. The highest BCUT2D eigenvalue weighted by molar-refractivity contribution is 7.98. The van der Waals surface area contributed by atoms with Gasteiger partial charge in [-0.3, -0.25) is 0 Å². The predicted molar refractivity (Wildman–Crippen MR) is 78.8 cm³/mol. The van der Waals surface area contributed by atoms with Gasteiger partial charge in [0.05, 0.1) is 14.2 Å². The Morgan fingerprint density at radius 2 is 2.06 bits per heavy atom. The van der Waals surface area contributed by atoms with Crippen LogP contribution in [0.3, 0.4) is 0 Å². The lowest BCUT2D eigenvalue weighted by atomic mass is 10.1. The van der Waals surface area contributed by atoms with Crippen molar-refractivity contribution in [1.29, 1.82) is 0 Å². The van der Waals surface area contributed by atoms with Crippen molar-refractivity contribution in [3.63, 3.8) is 0 Å². The second kappa shape index (κ2) is 8.27. The van der Waals surface area contributed by atoms with Gasteiger partial charge in [0.15, 0.2) is 0 Å². The minimum atomic E-state index is 0.548. The third-order valence-electron chi connectivity index (χ3n) is 2.94. The number of thioether (sulfide) groups is 1. The molecule has 18 heavy (non-hydrogen) atoms. The summed E-state index contributed by atoms with van der Waals surface area (Å²) in [5, 5.41) is 3.56. The molecular formula is C14H23NO2S. The molecule has 0 amide bonds. The van der Waals surface area contributed by atoms with Crippen LogP contribution in [0, 0.1) is 0 Å². The van der Waals surface area contributed by atoms with Crippen LogP contribution in [-0.2, 0) is 6.54 Å². The molecule has 1 unspecified atom stereocenters. The van der Waals surface area contributed by atoms with Crippen molar-refractivity contribution < 1.29 is 9.47 Å². The molecule has 0 aliphatic carbocycles. The van der Waals surface area contributed by atoms with E-state index in [1.807, 2.05) is 23.9 Å². The summed E-state index contributed by atoms with van der Waals surface area (Å²) < 4.78 is 10.6. The molecule has 0 aliphatic rings. The van der Waals surface area contributed by atoms with Gasteiger partial charge in [0.2, 0.25) is 0 Å². The van der Waals surface area contributed by atoms with Gasteiger partial charge in [-0.25, -0.2) is 0 Å². The minimum absolute atomic E-state index is 0.548. The van der Waals surface area contributed by atoms with E-state index in [1.54, 1.807) is 14.2 Å². The molecule has 0 fully saturated rings. The first kappa shape index (κ1) is 15.2. The summed E-state index contributed by atoms with van der Waals surface area (Å²) in [4.78, 5) is 0. The van der Waals surface area contributed by atoms with Gasteiger partial charge in [-0.2, -0.15) is 11.8 Å². The van der Waals surface area contributed by atoms with Crippen molar-refractivity contribution in [2.24, 2.45) is 0 Å². The average molecular weight is 269 g/mol. The number of rotatable bonds is 8. The van der Waals surface area contributed by atoms with Crippen molar-refractivity contribution in [3.05, 3.63) is 23.8 Å². The second-order valence-electron chi connectivity index (χ2n) is 4.12. The second-order valence-corrected chi connectivity index (χ2v) is 5.03. The van der Waals surface area contributed by atoms with Gasteiger partial charge in [0.25, 0.3) is 0 Å².